The first kappa shape index (κ1) is 26.4. The van der Waals surface area contributed by atoms with Crippen LogP contribution in [0.3, 0.4) is 0 Å². The van der Waals surface area contributed by atoms with Gasteiger partial charge in [-0.25, -0.2) is 0 Å². The SMILES string of the molecule is O=C(Cc1ccc(Nc2ccc(CC(=O)c3ccc(CO)[nH]3)cc2)cc1)c1ccc(N2CCC(O)CC2)cc1. The molecule has 39 heavy (non-hydrogen) atoms. The predicted molar refractivity (Wildman–Crippen MR) is 153 cm³/mol. The number of anilines is 3. The quantitative estimate of drug-likeness (QED) is 0.217. The van der Waals surface area contributed by atoms with Crippen LogP contribution >= 0.6 is 0 Å². The molecule has 7 nitrogen and oxygen atoms in total. The highest BCUT2D eigenvalue weighted by atomic mass is 16.3. The highest BCUT2D eigenvalue weighted by Crippen LogP contribution is 2.22. The summed E-state index contributed by atoms with van der Waals surface area (Å²) < 4.78 is 0. The lowest BCUT2D eigenvalue weighted by Gasteiger charge is -2.31. The van der Waals surface area contributed by atoms with E-state index in [1.165, 1.54) is 0 Å². The first-order valence-corrected chi connectivity index (χ1v) is 13.3. The second kappa shape index (κ2) is 12.1. The minimum Gasteiger partial charge on any atom is -0.393 e. The number of H-pyrrole nitrogens is 1. The zero-order valence-electron chi connectivity index (χ0n) is 21.8. The van der Waals surface area contributed by atoms with Gasteiger partial charge < -0.3 is 25.4 Å². The molecule has 1 aliphatic heterocycles. The summed E-state index contributed by atoms with van der Waals surface area (Å²) in [5.41, 5.74) is 6.57. The molecule has 0 spiro atoms. The summed E-state index contributed by atoms with van der Waals surface area (Å²) in [5, 5.41) is 22.2. The van der Waals surface area contributed by atoms with Gasteiger partial charge in [-0.3, -0.25) is 9.59 Å². The fraction of sp³-hybridized carbons (Fsp3) is 0.250. The third-order valence-corrected chi connectivity index (χ3v) is 7.16. The molecule has 200 valence electrons. The fourth-order valence-electron chi connectivity index (χ4n) is 4.82. The number of nitrogens with one attached hydrogen (secondary N) is 2. The van der Waals surface area contributed by atoms with Gasteiger partial charge in [-0.15, -0.1) is 0 Å². The van der Waals surface area contributed by atoms with Gasteiger partial charge in [0.2, 0.25) is 0 Å². The van der Waals surface area contributed by atoms with Gasteiger partial charge in [0, 0.05) is 54.3 Å². The zero-order chi connectivity index (χ0) is 27.2. The topological polar surface area (TPSA) is 106 Å². The van der Waals surface area contributed by atoms with Crippen LogP contribution in [0.2, 0.25) is 0 Å². The van der Waals surface area contributed by atoms with E-state index in [1.54, 1.807) is 12.1 Å². The number of benzene rings is 3. The van der Waals surface area contributed by atoms with E-state index in [2.05, 4.69) is 15.2 Å². The molecule has 1 aliphatic rings. The van der Waals surface area contributed by atoms with E-state index in [0.29, 0.717) is 23.4 Å². The summed E-state index contributed by atoms with van der Waals surface area (Å²) in [5.74, 6) is 0.0487. The van der Waals surface area contributed by atoms with Crippen LogP contribution in [-0.4, -0.2) is 46.0 Å². The third-order valence-electron chi connectivity index (χ3n) is 7.16. The lowest BCUT2D eigenvalue weighted by atomic mass is 10.0. The van der Waals surface area contributed by atoms with Gasteiger partial charge >= 0.3 is 0 Å². The lowest BCUT2D eigenvalue weighted by molar-refractivity contribution is 0.0982. The van der Waals surface area contributed by atoms with Crippen LogP contribution < -0.4 is 10.2 Å². The van der Waals surface area contributed by atoms with Crippen molar-refractivity contribution in [3.63, 3.8) is 0 Å². The summed E-state index contributed by atoms with van der Waals surface area (Å²) in [4.78, 5) is 30.5. The standard InChI is InChI=1S/C32H33N3O4/c36-21-27-11-14-30(34-27)32(39)20-23-3-9-26(10-4-23)33-25-7-1-22(2-8-25)19-31(38)24-5-12-28(13-6-24)35-17-15-29(37)16-18-35/h1-14,29,33-34,36-37H,15-21H2. The van der Waals surface area contributed by atoms with E-state index in [1.807, 2.05) is 72.8 Å². The average molecular weight is 524 g/mol. The van der Waals surface area contributed by atoms with Crippen molar-refractivity contribution in [2.24, 2.45) is 0 Å². The molecule has 5 rings (SSSR count). The maximum Gasteiger partial charge on any atom is 0.183 e. The summed E-state index contributed by atoms with van der Waals surface area (Å²) >= 11 is 0. The molecule has 4 N–H and O–H groups in total. The Balaban J connectivity index is 1.12. The van der Waals surface area contributed by atoms with Crippen LogP contribution in [0, 0.1) is 0 Å². The second-order valence-corrected chi connectivity index (χ2v) is 10.0. The van der Waals surface area contributed by atoms with Crippen molar-refractivity contribution in [1.29, 1.82) is 0 Å². The number of nitrogens with zero attached hydrogens (tertiary/aromatic N) is 1. The van der Waals surface area contributed by atoms with Gasteiger partial charge in [0.25, 0.3) is 0 Å². The number of carbonyl (C=O) groups is 2. The maximum atomic E-state index is 12.8. The van der Waals surface area contributed by atoms with Gasteiger partial charge in [-0.1, -0.05) is 24.3 Å². The maximum absolute atomic E-state index is 12.8. The molecule has 1 aromatic heterocycles. The number of hydrogen-bond acceptors (Lipinski definition) is 6. The van der Waals surface area contributed by atoms with Crippen molar-refractivity contribution in [2.45, 2.75) is 38.4 Å². The van der Waals surface area contributed by atoms with Gasteiger partial charge in [-0.05, 0) is 84.6 Å². The minimum atomic E-state index is -0.204. The number of aliphatic hydroxyl groups is 2. The first-order chi connectivity index (χ1) is 19.0. The van der Waals surface area contributed by atoms with Crippen molar-refractivity contribution in [2.75, 3.05) is 23.3 Å². The number of aromatic nitrogens is 1. The number of carbonyl (C=O) groups excluding carboxylic acids is 2. The largest absolute Gasteiger partial charge is 0.393 e. The van der Waals surface area contributed by atoms with E-state index in [4.69, 9.17) is 5.11 Å². The van der Waals surface area contributed by atoms with Crippen molar-refractivity contribution >= 4 is 28.6 Å². The molecule has 2 heterocycles. The summed E-state index contributed by atoms with van der Waals surface area (Å²) in [6, 6.07) is 26.7. The van der Waals surface area contributed by atoms with Crippen LogP contribution in [-0.2, 0) is 19.4 Å². The molecule has 0 bridgehead atoms. The fourth-order valence-corrected chi connectivity index (χ4v) is 4.82. The van der Waals surface area contributed by atoms with Crippen LogP contribution in [0.15, 0.2) is 84.9 Å². The molecule has 7 heteroatoms. The van der Waals surface area contributed by atoms with Crippen molar-refractivity contribution in [1.82, 2.24) is 4.98 Å². The number of rotatable bonds is 10. The van der Waals surface area contributed by atoms with E-state index in [-0.39, 0.29) is 30.7 Å². The summed E-state index contributed by atoms with van der Waals surface area (Å²) in [6.45, 7) is 1.55. The number of ketones is 2. The van der Waals surface area contributed by atoms with Crippen LogP contribution in [0.5, 0.6) is 0 Å². The van der Waals surface area contributed by atoms with Crippen molar-refractivity contribution in [3.8, 4) is 0 Å². The molecule has 0 radical (unpaired) electrons. The van der Waals surface area contributed by atoms with Crippen molar-refractivity contribution < 1.29 is 19.8 Å². The molecule has 0 amide bonds. The Morgan fingerprint density at radius 3 is 1.87 bits per heavy atom. The molecular formula is C32H33N3O4. The van der Waals surface area contributed by atoms with Crippen LogP contribution in [0.4, 0.5) is 17.1 Å². The Morgan fingerprint density at radius 1 is 0.769 bits per heavy atom. The summed E-state index contributed by atoms with van der Waals surface area (Å²) in [6.07, 6.45) is 1.96. The molecule has 0 atom stereocenters. The molecular weight excluding hydrogens is 490 g/mol. The zero-order valence-corrected chi connectivity index (χ0v) is 21.8. The number of aliphatic hydroxyl groups excluding tert-OH is 2. The van der Waals surface area contributed by atoms with Crippen molar-refractivity contribution in [3.05, 3.63) is 113 Å². The first-order valence-electron chi connectivity index (χ1n) is 13.3. The number of piperidine rings is 1. The monoisotopic (exact) mass is 523 g/mol. The average Bonchev–Trinajstić information content (AvgIpc) is 3.45. The van der Waals surface area contributed by atoms with E-state index in [9.17, 15) is 14.7 Å². The highest BCUT2D eigenvalue weighted by molar-refractivity contribution is 5.98. The van der Waals surface area contributed by atoms with Gasteiger partial charge in [-0.2, -0.15) is 0 Å². The van der Waals surface area contributed by atoms with Crippen LogP contribution in [0.1, 0.15) is 50.5 Å². The number of aromatic amines is 1. The number of Topliss-reactive ketones (excluding diaryl/α,β-unsaturated/α-hetero) is 2. The molecule has 0 aliphatic carbocycles. The Labute approximate surface area is 228 Å². The Kier molecular flexibility index (Phi) is 8.20. The van der Waals surface area contributed by atoms with E-state index in [0.717, 1.165) is 54.1 Å². The Morgan fingerprint density at radius 2 is 1.33 bits per heavy atom. The second-order valence-electron chi connectivity index (χ2n) is 10.0. The number of hydrogen-bond donors (Lipinski definition) is 4. The molecule has 0 unspecified atom stereocenters. The normalized spacial score (nSPS) is 13.8. The highest BCUT2D eigenvalue weighted by Gasteiger charge is 2.17. The van der Waals surface area contributed by atoms with Crippen LogP contribution in [0.25, 0.3) is 0 Å². The summed E-state index contributed by atoms with van der Waals surface area (Å²) in [7, 11) is 0. The molecule has 0 saturated carbocycles. The Hall–Kier alpha value is -4.20. The molecule has 1 saturated heterocycles. The van der Waals surface area contributed by atoms with E-state index >= 15 is 0 Å². The third kappa shape index (κ3) is 6.82. The lowest BCUT2D eigenvalue weighted by Crippen LogP contribution is -2.35. The molecule has 3 aromatic carbocycles. The van der Waals surface area contributed by atoms with Gasteiger partial charge in [0.05, 0.1) is 18.4 Å². The predicted octanol–water partition coefficient (Wildman–Crippen LogP) is 5.06. The smallest absolute Gasteiger partial charge is 0.183 e. The minimum absolute atomic E-state index is 0.0285. The molecule has 4 aromatic rings. The van der Waals surface area contributed by atoms with Gasteiger partial charge in [0.15, 0.2) is 11.6 Å². The van der Waals surface area contributed by atoms with Gasteiger partial charge in [0.1, 0.15) is 0 Å². The molecule has 1 fully saturated rings. The Bertz CT molecular complexity index is 1400. The van der Waals surface area contributed by atoms with E-state index < -0.39 is 0 Å².